The number of fused-ring (bicyclic) bond motifs is 1. The third kappa shape index (κ3) is 3.98. The SMILES string of the molecule is O=S(=O)(Nc1nc2n(n1)C(c1ccccc1)C=C(c1ccccc1)N2)c1ccc(Cl)cc1. The number of sulfonamides is 1. The summed E-state index contributed by atoms with van der Waals surface area (Å²) >= 11 is 5.87. The molecule has 0 spiro atoms. The lowest BCUT2D eigenvalue weighted by Crippen LogP contribution is -2.20. The number of hydrogen-bond acceptors (Lipinski definition) is 5. The third-order valence-electron chi connectivity index (χ3n) is 5.04. The van der Waals surface area contributed by atoms with E-state index in [1.807, 2.05) is 66.7 Å². The van der Waals surface area contributed by atoms with E-state index >= 15 is 0 Å². The Labute approximate surface area is 190 Å². The Hall–Kier alpha value is -3.62. The molecule has 3 aromatic carbocycles. The average Bonchev–Trinajstić information content (AvgIpc) is 3.21. The molecule has 0 fully saturated rings. The van der Waals surface area contributed by atoms with E-state index < -0.39 is 10.0 Å². The zero-order chi connectivity index (χ0) is 22.1. The highest BCUT2D eigenvalue weighted by Crippen LogP contribution is 2.33. The van der Waals surface area contributed by atoms with Crippen molar-refractivity contribution in [2.24, 2.45) is 0 Å². The fraction of sp³-hybridized carbons (Fsp3) is 0.0435. The molecule has 0 aliphatic carbocycles. The lowest BCUT2D eigenvalue weighted by atomic mass is 10.0. The van der Waals surface area contributed by atoms with Crippen LogP contribution < -0.4 is 10.0 Å². The second-order valence-corrected chi connectivity index (χ2v) is 9.31. The summed E-state index contributed by atoms with van der Waals surface area (Å²) in [6.45, 7) is 0. The van der Waals surface area contributed by atoms with E-state index in [1.54, 1.807) is 4.68 Å². The maximum atomic E-state index is 12.8. The van der Waals surface area contributed by atoms with Crippen LogP contribution in [0.2, 0.25) is 5.02 Å². The zero-order valence-electron chi connectivity index (χ0n) is 16.7. The van der Waals surface area contributed by atoms with Gasteiger partial charge in [-0.3, -0.25) is 0 Å². The summed E-state index contributed by atoms with van der Waals surface area (Å²) in [5.41, 5.74) is 2.86. The zero-order valence-corrected chi connectivity index (χ0v) is 18.3. The third-order valence-corrected chi connectivity index (χ3v) is 6.64. The van der Waals surface area contributed by atoms with Gasteiger partial charge in [-0.2, -0.15) is 4.98 Å². The number of allylic oxidation sites excluding steroid dienone is 1. The van der Waals surface area contributed by atoms with Gasteiger partial charge in [0.05, 0.1) is 4.90 Å². The van der Waals surface area contributed by atoms with Gasteiger partial charge in [-0.25, -0.2) is 17.8 Å². The number of anilines is 2. The molecule has 0 bridgehead atoms. The van der Waals surface area contributed by atoms with Crippen LogP contribution in [0.4, 0.5) is 11.9 Å². The molecule has 0 amide bonds. The van der Waals surface area contributed by atoms with Crippen LogP contribution in [0.3, 0.4) is 0 Å². The summed E-state index contributed by atoms with van der Waals surface area (Å²) in [7, 11) is -3.87. The lowest BCUT2D eigenvalue weighted by Gasteiger charge is -2.24. The van der Waals surface area contributed by atoms with Gasteiger partial charge in [0.25, 0.3) is 16.0 Å². The van der Waals surface area contributed by atoms with Gasteiger partial charge in [-0.05, 0) is 41.5 Å². The number of halogens is 1. The normalized spacial score (nSPS) is 15.4. The van der Waals surface area contributed by atoms with E-state index in [0.717, 1.165) is 16.8 Å². The van der Waals surface area contributed by atoms with Crippen molar-refractivity contribution in [2.45, 2.75) is 10.9 Å². The van der Waals surface area contributed by atoms with Crippen LogP contribution in [0, 0.1) is 0 Å². The molecule has 1 aliphatic heterocycles. The molecule has 160 valence electrons. The Morgan fingerprint density at radius 1 is 0.906 bits per heavy atom. The number of hydrogen-bond donors (Lipinski definition) is 2. The van der Waals surface area contributed by atoms with Crippen molar-refractivity contribution in [3.8, 4) is 0 Å². The summed E-state index contributed by atoms with van der Waals surface area (Å²) < 4.78 is 29.7. The second kappa shape index (κ2) is 8.14. The molecule has 0 saturated carbocycles. The van der Waals surface area contributed by atoms with Gasteiger partial charge >= 0.3 is 0 Å². The van der Waals surface area contributed by atoms with Crippen molar-refractivity contribution in [1.29, 1.82) is 0 Å². The number of rotatable bonds is 5. The molecular weight excluding hydrogens is 446 g/mol. The predicted octanol–water partition coefficient (Wildman–Crippen LogP) is 4.79. The molecule has 1 aromatic heterocycles. The minimum absolute atomic E-state index is 0.0221. The van der Waals surface area contributed by atoms with Crippen LogP contribution in [0.5, 0.6) is 0 Å². The molecule has 1 aliphatic rings. The Bertz CT molecular complexity index is 1390. The van der Waals surface area contributed by atoms with Crippen molar-refractivity contribution in [2.75, 3.05) is 10.0 Å². The quantitative estimate of drug-likeness (QED) is 0.444. The Morgan fingerprint density at radius 2 is 1.56 bits per heavy atom. The summed E-state index contributed by atoms with van der Waals surface area (Å²) in [4.78, 5) is 4.49. The fourth-order valence-corrected chi connectivity index (χ4v) is 4.57. The first-order valence-electron chi connectivity index (χ1n) is 9.84. The van der Waals surface area contributed by atoms with Crippen molar-refractivity contribution in [3.05, 3.63) is 107 Å². The predicted molar refractivity (Wildman–Crippen MR) is 125 cm³/mol. The van der Waals surface area contributed by atoms with Crippen LogP contribution in [0.1, 0.15) is 17.2 Å². The molecular formula is C23H18ClN5O2S. The highest BCUT2D eigenvalue weighted by Gasteiger charge is 2.27. The van der Waals surface area contributed by atoms with Gasteiger partial charge in [-0.1, -0.05) is 72.3 Å². The van der Waals surface area contributed by atoms with Crippen LogP contribution in [-0.4, -0.2) is 23.2 Å². The van der Waals surface area contributed by atoms with E-state index in [1.165, 1.54) is 24.3 Å². The summed E-state index contributed by atoms with van der Waals surface area (Å²) in [5.74, 6) is 0.417. The van der Waals surface area contributed by atoms with E-state index in [4.69, 9.17) is 11.6 Å². The van der Waals surface area contributed by atoms with Crippen LogP contribution in [0.15, 0.2) is 95.9 Å². The van der Waals surface area contributed by atoms with Gasteiger partial charge in [-0.15, -0.1) is 5.10 Å². The highest BCUT2D eigenvalue weighted by molar-refractivity contribution is 7.92. The van der Waals surface area contributed by atoms with Gasteiger partial charge in [0.15, 0.2) is 0 Å². The van der Waals surface area contributed by atoms with Gasteiger partial charge < -0.3 is 5.32 Å². The topological polar surface area (TPSA) is 88.9 Å². The average molecular weight is 464 g/mol. The lowest BCUT2D eigenvalue weighted by molar-refractivity contribution is 0.598. The maximum absolute atomic E-state index is 12.8. The molecule has 5 rings (SSSR count). The Kier molecular flexibility index (Phi) is 5.16. The Balaban J connectivity index is 1.53. The molecule has 32 heavy (non-hydrogen) atoms. The van der Waals surface area contributed by atoms with E-state index in [0.29, 0.717) is 11.0 Å². The Morgan fingerprint density at radius 3 is 2.25 bits per heavy atom. The van der Waals surface area contributed by atoms with E-state index in [2.05, 4.69) is 20.1 Å². The molecule has 1 unspecified atom stereocenters. The highest BCUT2D eigenvalue weighted by atomic mass is 35.5. The molecule has 7 nitrogen and oxygen atoms in total. The molecule has 0 saturated heterocycles. The van der Waals surface area contributed by atoms with Crippen LogP contribution >= 0.6 is 11.6 Å². The van der Waals surface area contributed by atoms with Crippen molar-refractivity contribution < 1.29 is 8.42 Å². The van der Waals surface area contributed by atoms with Gasteiger partial charge in [0, 0.05) is 10.7 Å². The van der Waals surface area contributed by atoms with Gasteiger partial charge in [0.1, 0.15) is 6.04 Å². The number of aromatic nitrogens is 3. The molecule has 2 N–H and O–H groups in total. The molecule has 4 aromatic rings. The van der Waals surface area contributed by atoms with Crippen LogP contribution in [0.25, 0.3) is 5.70 Å². The molecule has 0 radical (unpaired) electrons. The van der Waals surface area contributed by atoms with Crippen molar-refractivity contribution >= 4 is 39.2 Å². The standard InChI is InChI=1S/C23H18ClN5O2S/c24-18-11-13-19(14-12-18)32(30,31)28-22-26-23-25-20(16-7-3-1-4-8-16)15-21(29(23)27-22)17-9-5-2-6-10-17/h1-15,21H,(H2,25,26,27,28). The summed E-state index contributed by atoms with van der Waals surface area (Å²) in [6.07, 6.45) is 2.05. The monoisotopic (exact) mass is 463 g/mol. The van der Waals surface area contributed by atoms with E-state index in [-0.39, 0.29) is 16.9 Å². The fourth-order valence-electron chi connectivity index (χ4n) is 3.50. The molecule has 9 heteroatoms. The van der Waals surface area contributed by atoms with Gasteiger partial charge in [0.2, 0.25) is 5.95 Å². The second-order valence-electron chi connectivity index (χ2n) is 7.19. The minimum Gasteiger partial charge on any atom is -0.324 e. The number of nitrogens with zero attached hydrogens (tertiary/aromatic N) is 3. The number of nitrogens with one attached hydrogen (secondary N) is 2. The summed E-state index contributed by atoms with van der Waals surface area (Å²) in [5, 5.41) is 8.16. The van der Waals surface area contributed by atoms with E-state index in [9.17, 15) is 8.42 Å². The van der Waals surface area contributed by atoms with Crippen LogP contribution in [-0.2, 0) is 10.0 Å². The first kappa shape index (κ1) is 20.3. The first-order chi connectivity index (χ1) is 15.5. The maximum Gasteiger partial charge on any atom is 0.264 e. The first-order valence-corrected chi connectivity index (χ1v) is 11.7. The smallest absolute Gasteiger partial charge is 0.264 e. The minimum atomic E-state index is -3.87. The van der Waals surface area contributed by atoms with Crippen molar-refractivity contribution in [3.63, 3.8) is 0 Å². The largest absolute Gasteiger partial charge is 0.324 e. The number of benzene rings is 3. The van der Waals surface area contributed by atoms with Crippen molar-refractivity contribution in [1.82, 2.24) is 14.8 Å². The molecule has 1 atom stereocenters. The molecule has 2 heterocycles. The summed E-state index contributed by atoms with van der Waals surface area (Å²) in [6, 6.07) is 25.3.